The van der Waals surface area contributed by atoms with Crippen molar-refractivity contribution in [2.45, 2.75) is 33.4 Å². The van der Waals surface area contributed by atoms with Crippen molar-refractivity contribution in [3.8, 4) is 0 Å². The summed E-state index contributed by atoms with van der Waals surface area (Å²) in [6, 6.07) is 10.6. The van der Waals surface area contributed by atoms with Gasteiger partial charge in [0.1, 0.15) is 5.82 Å². The predicted molar refractivity (Wildman–Crippen MR) is 78.9 cm³/mol. The summed E-state index contributed by atoms with van der Waals surface area (Å²) in [7, 11) is 0. The third-order valence-electron chi connectivity index (χ3n) is 3.12. The Morgan fingerprint density at radius 3 is 2.74 bits per heavy atom. The molecule has 3 heteroatoms. The molecule has 0 aliphatic carbocycles. The van der Waals surface area contributed by atoms with Crippen LogP contribution in [0.1, 0.15) is 25.2 Å². The second-order valence-electron chi connectivity index (χ2n) is 5.30. The Morgan fingerprint density at radius 1 is 1.21 bits per heavy atom. The van der Waals surface area contributed by atoms with Crippen LogP contribution in [-0.4, -0.2) is 16.1 Å². The Balaban J connectivity index is 1.85. The molecular weight excluding hydrogens is 234 g/mol. The number of benzene rings is 1. The van der Waals surface area contributed by atoms with Crippen LogP contribution in [0, 0.1) is 5.92 Å². The molecule has 0 bridgehead atoms. The van der Waals surface area contributed by atoms with Crippen molar-refractivity contribution < 1.29 is 0 Å². The fourth-order valence-corrected chi connectivity index (χ4v) is 2.08. The van der Waals surface area contributed by atoms with E-state index in [9.17, 15) is 0 Å². The van der Waals surface area contributed by atoms with Gasteiger partial charge >= 0.3 is 0 Å². The van der Waals surface area contributed by atoms with E-state index in [1.54, 1.807) is 0 Å². The number of aromatic nitrogens is 2. The summed E-state index contributed by atoms with van der Waals surface area (Å²) in [5, 5.41) is 3.44. The van der Waals surface area contributed by atoms with Crippen LogP contribution in [0.4, 0.5) is 0 Å². The zero-order valence-corrected chi connectivity index (χ0v) is 11.8. The van der Waals surface area contributed by atoms with Crippen LogP contribution in [0.15, 0.2) is 42.7 Å². The minimum absolute atomic E-state index is 0.674. The van der Waals surface area contributed by atoms with Gasteiger partial charge in [0.2, 0.25) is 0 Å². The summed E-state index contributed by atoms with van der Waals surface area (Å²) in [6.07, 6.45) is 5.00. The van der Waals surface area contributed by atoms with Gasteiger partial charge in [0, 0.05) is 18.9 Å². The highest BCUT2D eigenvalue weighted by Gasteiger charge is 2.03. The average Bonchev–Trinajstić information content (AvgIpc) is 2.85. The van der Waals surface area contributed by atoms with E-state index in [0.29, 0.717) is 5.92 Å². The second kappa shape index (κ2) is 7.10. The molecule has 0 spiro atoms. The van der Waals surface area contributed by atoms with E-state index in [-0.39, 0.29) is 0 Å². The van der Waals surface area contributed by atoms with Crippen molar-refractivity contribution in [1.82, 2.24) is 14.9 Å². The topological polar surface area (TPSA) is 29.9 Å². The van der Waals surface area contributed by atoms with Crippen LogP contribution in [0.2, 0.25) is 0 Å². The highest BCUT2D eigenvalue weighted by atomic mass is 15.1. The van der Waals surface area contributed by atoms with Crippen molar-refractivity contribution >= 4 is 0 Å². The Labute approximate surface area is 115 Å². The molecule has 0 amide bonds. The maximum atomic E-state index is 4.43. The first-order valence-corrected chi connectivity index (χ1v) is 7.00. The lowest BCUT2D eigenvalue weighted by Gasteiger charge is -2.10. The van der Waals surface area contributed by atoms with Crippen molar-refractivity contribution in [3.05, 3.63) is 54.1 Å². The summed E-state index contributed by atoms with van der Waals surface area (Å²) < 4.78 is 2.24. The lowest BCUT2D eigenvalue weighted by Crippen LogP contribution is -2.21. The predicted octanol–water partition coefficient (Wildman–Crippen LogP) is 2.87. The van der Waals surface area contributed by atoms with Gasteiger partial charge in [0.25, 0.3) is 0 Å². The van der Waals surface area contributed by atoms with E-state index in [1.165, 1.54) is 5.56 Å². The molecule has 19 heavy (non-hydrogen) atoms. The Kier molecular flexibility index (Phi) is 5.16. The quantitative estimate of drug-likeness (QED) is 0.826. The fraction of sp³-hybridized carbons (Fsp3) is 0.438. The van der Waals surface area contributed by atoms with Crippen LogP contribution in [0.3, 0.4) is 0 Å². The van der Waals surface area contributed by atoms with Crippen LogP contribution >= 0.6 is 0 Å². The maximum absolute atomic E-state index is 4.43. The van der Waals surface area contributed by atoms with Gasteiger partial charge in [-0.3, -0.25) is 0 Å². The summed E-state index contributed by atoms with van der Waals surface area (Å²) in [5.41, 5.74) is 1.37. The summed E-state index contributed by atoms with van der Waals surface area (Å²) in [5.74, 6) is 1.80. The molecule has 0 aliphatic heterocycles. The average molecular weight is 257 g/mol. The molecule has 0 aliphatic rings. The van der Waals surface area contributed by atoms with Gasteiger partial charge in [0.15, 0.2) is 0 Å². The first-order valence-electron chi connectivity index (χ1n) is 7.00. The molecule has 1 heterocycles. The molecule has 1 N–H and O–H groups in total. The van der Waals surface area contributed by atoms with Crippen molar-refractivity contribution in [2.24, 2.45) is 5.92 Å². The van der Waals surface area contributed by atoms with Crippen molar-refractivity contribution in [1.29, 1.82) is 0 Å². The molecule has 102 valence electrons. The zero-order valence-electron chi connectivity index (χ0n) is 11.8. The van der Waals surface area contributed by atoms with E-state index < -0.39 is 0 Å². The van der Waals surface area contributed by atoms with E-state index in [1.807, 2.05) is 6.20 Å². The summed E-state index contributed by atoms with van der Waals surface area (Å²) >= 11 is 0. The van der Waals surface area contributed by atoms with Crippen LogP contribution in [0.5, 0.6) is 0 Å². The molecule has 0 unspecified atom stereocenters. The van der Waals surface area contributed by atoms with Gasteiger partial charge in [0.05, 0.1) is 6.54 Å². The minimum Gasteiger partial charge on any atom is -0.334 e. The summed E-state index contributed by atoms with van der Waals surface area (Å²) in [4.78, 5) is 4.43. The largest absolute Gasteiger partial charge is 0.334 e. The molecule has 2 aromatic rings. The molecule has 0 radical (unpaired) electrons. The number of aryl methyl sites for hydroxylation is 2. The second-order valence-corrected chi connectivity index (χ2v) is 5.30. The van der Waals surface area contributed by atoms with Gasteiger partial charge in [-0.25, -0.2) is 4.98 Å². The molecule has 1 aromatic carbocycles. The van der Waals surface area contributed by atoms with E-state index in [0.717, 1.165) is 31.9 Å². The zero-order chi connectivity index (χ0) is 13.5. The molecule has 1 aromatic heterocycles. The van der Waals surface area contributed by atoms with Gasteiger partial charge in [-0.2, -0.15) is 0 Å². The molecule has 0 atom stereocenters. The fourth-order valence-electron chi connectivity index (χ4n) is 2.08. The molecule has 0 saturated carbocycles. The monoisotopic (exact) mass is 257 g/mol. The van der Waals surface area contributed by atoms with Gasteiger partial charge in [-0.15, -0.1) is 0 Å². The Morgan fingerprint density at radius 2 is 2.00 bits per heavy atom. The van der Waals surface area contributed by atoms with Crippen molar-refractivity contribution in [3.63, 3.8) is 0 Å². The SMILES string of the molecule is CC(C)CNCc1nccn1CCc1ccccc1. The van der Waals surface area contributed by atoms with Crippen LogP contribution in [-0.2, 0) is 19.5 Å². The minimum atomic E-state index is 0.674. The number of hydrogen-bond donors (Lipinski definition) is 1. The first-order chi connectivity index (χ1) is 9.25. The number of imidazole rings is 1. The number of hydrogen-bond acceptors (Lipinski definition) is 2. The number of nitrogens with zero attached hydrogens (tertiary/aromatic N) is 2. The highest BCUT2D eigenvalue weighted by molar-refractivity contribution is 5.14. The standard InChI is InChI=1S/C16H23N3/c1-14(2)12-17-13-16-18-9-11-19(16)10-8-15-6-4-3-5-7-15/h3-7,9,11,14,17H,8,10,12-13H2,1-2H3. The number of rotatable bonds is 7. The van der Waals surface area contributed by atoms with E-state index >= 15 is 0 Å². The molecular formula is C16H23N3. The molecule has 0 saturated heterocycles. The third-order valence-corrected chi connectivity index (χ3v) is 3.12. The van der Waals surface area contributed by atoms with Crippen molar-refractivity contribution in [2.75, 3.05) is 6.54 Å². The van der Waals surface area contributed by atoms with Crippen LogP contribution < -0.4 is 5.32 Å². The smallest absolute Gasteiger partial charge is 0.122 e. The molecule has 0 fully saturated rings. The first kappa shape index (κ1) is 13.8. The Bertz CT molecular complexity index is 474. The number of nitrogens with one attached hydrogen (secondary N) is 1. The summed E-state index contributed by atoms with van der Waals surface area (Å²) in [6.45, 7) is 7.30. The van der Waals surface area contributed by atoms with E-state index in [2.05, 4.69) is 65.2 Å². The lowest BCUT2D eigenvalue weighted by molar-refractivity contribution is 0.527. The highest BCUT2D eigenvalue weighted by Crippen LogP contribution is 2.04. The third kappa shape index (κ3) is 4.52. The van der Waals surface area contributed by atoms with Gasteiger partial charge in [-0.1, -0.05) is 44.2 Å². The normalized spacial score (nSPS) is 11.1. The van der Waals surface area contributed by atoms with E-state index in [4.69, 9.17) is 0 Å². The Hall–Kier alpha value is -1.61. The maximum Gasteiger partial charge on any atom is 0.122 e. The van der Waals surface area contributed by atoms with Gasteiger partial charge < -0.3 is 9.88 Å². The van der Waals surface area contributed by atoms with Crippen LogP contribution in [0.25, 0.3) is 0 Å². The molecule has 3 nitrogen and oxygen atoms in total. The molecule has 2 rings (SSSR count). The van der Waals surface area contributed by atoms with Gasteiger partial charge in [-0.05, 0) is 24.4 Å². The lowest BCUT2D eigenvalue weighted by atomic mass is 10.1.